The van der Waals surface area contributed by atoms with Crippen molar-refractivity contribution < 1.29 is 57.3 Å². The second-order valence-corrected chi connectivity index (χ2v) is 18.7. The number of imide groups is 1. The van der Waals surface area contributed by atoms with Gasteiger partial charge in [0.25, 0.3) is 11.8 Å². The van der Waals surface area contributed by atoms with Crippen molar-refractivity contribution in [2.75, 3.05) is 19.7 Å². The fourth-order valence-electron chi connectivity index (χ4n) is 5.86. The Hall–Kier alpha value is -6.17. The number of carbonyl (C=O) groups excluding carboxylic acids is 6. The third-order valence-electron chi connectivity index (χ3n) is 8.31. The number of rotatable bonds is 13. The smallest absolute Gasteiger partial charge is 0.437 e. The summed E-state index contributed by atoms with van der Waals surface area (Å²) < 4.78 is 31.3. The topological polar surface area (TPSA) is 207 Å². The number of hydroxylamine groups is 2. The fourth-order valence-corrected chi connectivity index (χ4v) is 5.86. The second kappa shape index (κ2) is 19.3. The Morgan fingerprint density at radius 2 is 1.16 bits per heavy atom. The van der Waals surface area contributed by atoms with E-state index in [1.807, 2.05) is 0 Å². The number of alkyl carbamates (subject to hydrolysis) is 2. The number of esters is 1. The van der Waals surface area contributed by atoms with Crippen molar-refractivity contribution in [3.63, 3.8) is 0 Å². The van der Waals surface area contributed by atoms with Gasteiger partial charge in [-0.3, -0.25) is 9.59 Å². The minimum absolute atomic E-state index is 0.0703. The molecule has 338 valence electrons. The van der Waals surface area contributed by atoms with Gasteiger partial charge >= 0.3 is 24.2 Å². The molecule has 1 atom stereocenters. The lowest BCUT2D eigenvalue weighted by atomic mass is 10.1. The lowest BCUT2D eigenvalue weighted by Gasteiger charge is -2.26. The molecule has 1 unspecified atom stereocenters. The van der Waals surface area contributed by atoms with Crippen LogP contribution in [0.3, 0.4) is 0 Å². The van der Waals surface area contributed by atoms with E-state index < -0.39 is 77.1 Å². The molecule has 2 heterocycles. The molecule has 2 aromatic carbocycles. The Bertz CT molecular complexity index is 2130. The van der Waals surface area contributed by atoms with Crippen molar-refractivity contribution in [1.82, 2.24) is 24.8 Å². The summed E-state index contributed by atoms with van der Waals surface area (Å²) in [5.74, 6) is -2.42. The number of nitrogens with zero attached hydrogens (tertiary/aromatic N) is 4. The zero-order valence-corrected chi connectivity index (χ0v) is 37.9. The van der Waals surface area contributed by atoms with Crippen LogP contribution in [0.4, 0.5) is 14.4 Å². The van der Waals surface area contributed by atoms with Crippen molar-refractivity contribution in [3.8, 4) is 17.0 Å². The summed E-state index contributed by atoms with van der Waals surface area (Å²) in [6.45, 7) is 20.5. The molecular weight excluding hydrogens is 805 g/mol. The number of carbonyl (C=O) groups is 6. The molecule has 5 amide bonds. The van der Waals surface area contributed by atoms with Gasteiger partial charge in [0.05, 0.1) is 16.8 Å². The van der Waals surface area contributed by atoms with E-state index in [4.69, 9.17) is 28.5 Å². The molecule has 3 aromatic rings. The molecule has 2 N–H and O–H groups in total. The average molecular weight is 865 g/mol. The van der Waals surface area contributed by atoms with Crippen molar-refractivity contribution in [2.45, 2.75) is 118 Å². The van der Waals surface area contributed by atoms with Crippen LogP contribution in [0.15, 0.2) is 59.7 Å². The van der Waals surface area contributed by atoms with Gasteiger partial charge in [0.2, 0.25) is 11.7 Å². The van der Waals surface area contributed by atoms with E-state index in [2.05, 4.69) is 15.6 Å². The predicted octanol–water partition coefficient (Wildman–Crippen LogP) is 6.31. The first-order valence-electron chi connectivity index (χ1n) is 20.2. The van der Waals surface area contributed by atoms with Crippen LogP contribution >= 0.6 is 0 Å². The quantitative estimate of drug-likeness (QED) is 0.110. The zero-order chi connectivity index (χ0) is 46.4. The molecule has 62 heavy (non-hydrogen) atoms. The summed E-state index contributed by atoms with van der Waals surface area (Å²) in [6, 6.07) is 13.0. The van der Waals surface area contributed by atoms with Gasteiger partial charge in [-0.2, -0.15) is 0 Å². The number of ether oxygens (including phenoxy) is 5. The largest absolute Gasteiger partial charge is 0.490 e. The van der Waals surface area contributed by atoms with E-state index in [0.717, 1.165) is 0 Å². The fraction of sp³-hybridized carbons (Fsp3) is 0.523. The van der Waals surface area contributed by atoms with Crippen LogP contribution in [0.25, 0.3) is 11.3 Å². The summed E-state index contributed by atoms with van der Waals surface area (Å²) >= 11 is 0. The minimum atomic E-state index is -1.50. The average Bonchev–Trinajstić information content (AvgIpc) is 3.55. The maximum Gasteiger partial charge on any atom is 0.437 e. The Morgan fingerprint density at radius 1 is 0.677 bits per heavy atom. The van der Waals surface area contributed by atoms with Crippen LogP contribution in [0, 0.1) is 5.92 Å². The normalized spacial score (nSPS) is 14.0. The standard InChI is InChI=1S/C44H60N6O12/c1-41(2,3)58-36(53)33(62-50-34(51)30-16-14-15-17-31(30)35(50)52)26-57-29-20-18-28(19-21-29)32-25-49(37(48(32)13)47-40(56)61-44(10,11)12)24-27(22-45-38(54)59-42(4,5)6)23-46-39(55)60-43(7,8)9/h14-21,25,27,33H,22-24,26H2,1-13H3,(H,45,54)(H,46,55)/b47-37-. The number of hydrogen-bond acceptors (Lipinski definition) is 12. The molecular formula is C44H60N6O12. The van der Waals surface area contributed by atoms with Crippen LogP contribution < -0.4 is 21.0 Å². The van der Waals surface area contributed by atoms with E-state index in [1.54, 1.807) is 142 Å². The number of fused-ring (bicyclic) bond motifs is 1. The molecule has 18 heteroatoms. The Labute approximate surface area is 361 Å². The first kappa shape index (κ1) is 48.5. The number of hydrogen-bond donors (Lipinski definition) is 2. The molecule has 0 saturated heterocycles. The van der Waals surface area contributed by atoms with Gasteiger partial charge in [-0.25, -0.2) is 24.0 Å². The highest BCUT2D eigenvalue weighted by Gasteiger charge is 2.41. The van der Waals surface area contributed by atoms with Gasteiger partial charge < -0.3 is 43.5 Å². The van der Waals surface area contributed by atoms with E-state index >= 15 is 0 Å². The molecule has 0 aliphatic carbocycles. The lowest BCUT2D eigenvalue weighted by Crippen LogP contribution is -2.43. The summed E-state index contributed by atoms with van der Waals surface area (Å²) in [4.78, 5) is 87.8. The monoisotopic (exact) mass is 864 g/mol. The second-order valence-electron chi connectivity index (χ2n) is 18.7. The van der Waals surface area contributed by atoms with Crippen molar-refractivity contribution >= 4 is 36.1 Å². The molecule has 1 aliphatic rings. The minimum Gasteiger partial charge on any atom is -0.490 e. The van der Waals surface area contributed by atoms with Crippen LogP contribution in [0.5, 0.6) is 5.75 Å². The van der Waals surface area contributed by atoms with Crippen LogP contribution in [-0.4, -0.2) is 98.5 Å². The number of benzene rings is 2. The molecule has 1 aliphatic heterocycles. The van der Waals surface area contributed by atoms with E-state index in [1.165, 1.54) is 12.1 Å². The highest BCUT2D eigenvalue weighted by molar-refractivity contribution is 6.20. The molecule has 18 nitrogen and oxygen atoms in total. The maximum atomic E-state index is 13.3. The van der Waals surface area contributed by atoms with E-state index in [9.17, 15) is 28.8 Å². The number of nitrogens with one attached hydrogen (secondary N) is 2. The van der Waals surface area contributed by atoms with Gasteiger partial charge in [-0.05, 0) is 125 Å². The van der Waals surface area contributed by atoms with Gasteiger partial charge in [0.1, 0.15) is 34.8 Å². The molecule has 4 rings (SSSR count). The van der Waals surface area contributed by atoms with Crippen LogP contribution in [-0.2, 0) is 42.2 Å². The zero-order valence-electron chi connectivity index (χ0n) is 37.9. The van der Waals surface area contributed by atoms with Crippen LogP contribution in [0.1, 0.15) is 104 Å². The predicted molar refractivity (Wildman–Crippen MR) is 226 cm³/mol. The first-order valence-corrected chi connectivity index (χ1v) is 20.2. The van der Waals surface area contributed by atoms with Gasteiger partial charge in [0, 0.05) is 38.8 Å². The third-order valence-corrected chi connectivity index (χ3v) is 8.31. The van der Waals surface area contributed by atoms with Gasteiger partial charge in [-0.1, -0.05) is 12.1 Å². The number of aromatic nitrogens is 2. The third kappa shape index (κ3) is 14.5. The number of amides is 5. The lowest BCUT2D eigenvalue weighted by molar-refractivity contribution is -0.193. The van der Waals surface area contributed by atoms with Gasteiger partial charge in [0.15, 0.2) is 0 Å². The molecule has 0 bridgehead atoms. The van der Waals surface area contributed by atoms with Crippen LogP contribution in [0.2, 0.25) is 0 Å². The summed E-state index contributed by atoms with van der Waals surface area (Å²) in [5.41, 5.74) is -1.45. The molecule has 0 radical (unpaired) electrons. The SMILES string of the molecule is Cn1c(-c2ccc(OCC(ON3C(=O)c4ccccc4C3=O)C(=O)OC(C)(C)C)cc2)cn(CC(CNC(=O)OC(C)(C)C)CNC(=O)OC(C)(C)C)/c1=N\C(=O)OC(C)(C)C. The molecule has 0 spiro atoms. The molecule has 1 aromatic heterocycles. The summed E-state index contributed by atoms with van der Waals surface area (Å²) in [6.07, 6.45) is -1.86. The van der Waals surface area contributed by atoms with Gasteiger partial charge in [-0.15, -0.1) is 10.1 Å². The Kier molecular flexibility index (Phi) is 15.1. The highest BCUT2D eigenvalue weighted by atomic mass is 16.7. The summed E-state index contributed by atoms with van der Waals surface area (Å²) in [5, 5.41) is 6.07. The molecule has 0 fully saturated rings. The first-order chi connectivity index (χ1) is 28.6. The maximum absolute atomic E-state index is 13.3. The van der Waals surface area contributed by atoms with Crippen molar-refractivity contribution in [2.24, 2.45) is 18.0 Å². The summed E-state index contributed by atoms with van der Waals surface area (Å²) in [7, 11) is 1.72. The van der Waals surface area contributed by atoms with Crippen molar-refractivity contribution in [3.05, 3.63) is 71.5 Å². The van der Waals surface area contributed by atoms with Crippen molar-refractivity contribution in [1.29, 1.82) is 0 Å². The Balaban J connectivity index is 1.62. The highest BCUT2D eigenvalue weighted by Crippen LogP contribution is 2.26. The van der Waals surface area contributed by atoms with E-state index in [0.29, 0.717) is 22.1 Å². The van der Waals surface area contributed by atoms with E-state index in [-0.39, 0.29) is 36.4 Å². The number of imidazole rings is 1. The Morgan fingerprint density at radius 3 is 1.63 bits per heavy atom. The molecule has 0 saturated carbocycles.